The van der Waals surface area contributed by atoms with Gasteiger partial charge in [-0.15, -0.1) is 0 Å². The maximum absolute atomic E-state index is 13.3. The molecular weight excluding hydrogens is 399 g/mol. The summed E-state index contributed by atoms with van der Waals surface area (Å²) in [4.78, 5) is 28.3. The van der Waals surface area contributed by atoms with Gasteiger partial charge in [0.25, 0.3) is 11.8 Å². The van der Waals surface area contributed by atoms with Crippen LogP contribution in [-0.4, -0.2) is 18.9 Å². The van der Waals surface area contributed by atoms with Gasteiger partial charge in [0, 0.05) is 17.5 Å². The number of halogens is 1. The minimum atomic E-state index is -0.305. The highest BCUT2D eigenvalue weighted by atomic mass is 32.2. The van der Waals surface area contributed by atoms with E-state index in [2.05, 4.69) is 5.32 Å². The number of para-hydroxylation sites is 1. The molecule has 4 nitrogen and oxygen atoms in total. The lowest BCUT2D eigenvalue weighted by Gasteiger charge is -2.30. The van der Waals surface area contributed by atoms with Crippen molar-refractivity contribution >= 4 is 35.3 Å². The lowest BCUT2D eigenvalue weighted by atomic mass is 10.1. The molecule has 3 aromatic carbocycles. The Labute approximate surface area is 178 Å². The second-order valence-corrected chi connectivity index (χ2v) is 7.88. The second kappa shape index (κ2) is 8.55. The molecule has 0 unspecified atom stereocenters. The summed E-state index contributed by atoms with van der Waals surface area (Å²) < 4.78 is 13.3. The van der Waals surface area contributed by atoms with Gasteiger partial charge in [-0.05, 0) is 53.6 Å². The van der Waals surface area contributed by atoms with Crippen LogP contribution in [0.5, 0.6) is 0 Å². The summed E-state index contributed by atoms with van der Waals surface area (Å²) in [5.41, 5.74) is 3.08. The number of carbonyl (C=O) groups excluding carboxylic acids is 2. The highest BCUT2D eigenvalue weighted by Crippen LogP contribution is 2.42. The number of hydrogen-bond acceptors (Lipinski definition) is 3. The van der Waals surface area contributed by atoms with E-state index in [0.29, 0.717) is 17.0 Å². The lowest BCUT2D eigenvalue weighted by molar-refractivity contribution is -0.114. The summed E-state index contributed by atoms with van der Waals surface area (Å²) in [6.45, 7) is 0.351. The van der Waals surface area contributed by atoms with Gasteiger partial charge in [-0.1, -0.05) is 48.2 Å². The van der Waals surface area contributed by atoms with Crippen LogP contribution >= 0.6 is 11.8 Å². The van der Waals surface area contributed by atoms with Gasteiger partial charge in [0.05, 0.1) is 17.1 Å². The van der Waals surface area contributed by atoms with Crippen LogP contribution in [0, 0.1) is 5.82 Å². The molecule has 0 aromatic heterocycles. The number of benzene rings is 3. The molecule has 150 valence electrons. The molecule has 2 amide bonds. The Bertz CT molecular complexity index is 1120. The summed E-state index contributed by atoms with van der Waals surface area (Å²) in [5.74, 6) is -0.574. The van der Waals surface area contributed by atoms with Crippen molar-refractivity contribution in [2.24, 2.45) is 0 Å². The minimum Gasteiger partial charge on any atom is -0.355 e. The molecule has 0 saturated heterocycles. The minimum absolute atomic E-state index is 0.113. The van der Waals surface area contributed by atoms with Crippen molar-refractivity contribution in [1.29, 1.82) is 0 Å². The topological polar surface area (TPSA) is 49.4 Å². The van der Waals surface area contributed by atoms with Crippen LogP contribution < -0.4 is 10.2 Å². The van der Waals surface area contributed by atoms with Crippen LogP contribution in [0.4, 0.5) is 10.1 Å². The standard InChI is InChI=1S/C24H19FN2O2S/c1-26-23(28)18-10-6-16(7-11-18)14-22-24(29)27(15-17-8-12-19(25)13-9-17)20-4-2-3-5-21(20)30-22/h2-14H,15H2,1H3,(H,26,28). The van der Waals surface area contributed by atoms with Crippen molar-refractivity contribution in [1.82, 2.24) is 5.32 Å². The van der Waals surface area contributed by atoms with Crippen LogP contribution in [0.25, 0.3) is 6.08 Å². The van der Waals surface area contributed by atoms with Crippen molar-refractivity contribution in [3.05, 3.63) is 100 Å². The van der Waals surface area contributed by atoms with Crippen LogP contribution in [0.1, 0.15) is 21.5 Å². The van der Waals surface area contributed by atoms with E-state index in [0.717, 1.165) is 21.7 Å². The van der Waals surface area contributed by atoms with Crippen molar-refractivity contribution < 1.29 is 14.0 Å². The first kappa shape index (κ1) is 19.9. The Morgan fingerprint density at radius 1 is 1.03 bits per heavy atom. The van der Waals surface area contributed by atoms with Crippen molar-refractivity contribution in [2.75, 3.05) is 11.9 Å². The van der Waals surface area contributed by atoms with E-state index in [1.807, 2.05) is 42.5 Å². The van der Waals surface area contributed by atoms with Crippen molar-refractivity contribution in [3.8, 4) is 0 Å². The van der Waals surface area contributed by atoms with E-state index in [1.54, 1.807) is 36.2 Å². The van der Waals surface area contributed by atoms with Crippen LogP contribution in [0.2, 0.25) is 0 Å². The van der Waals surface area contributed by atoms with Gasteiger partial charge >= 0.3 is 0 Å². The van der Waals surface area contributed by atoms with Crippen molar-refractivity contribution in [2.45, 2.75) is 11.4 Å². The van der Waals surface area contributed by atoms with Crippen LogP contribution in [0.3, 0.4) is 0 Å². The fourth-order valence-corrected chi connectivity index (χ4v) is 4.28. The molecular formula is C24H19FN2O2S. The molecule has 0 aliphatic carbocycles. The van der Waals surface area contributed by atoms with Crippen LogP contribution in [0.15, 0.2) is 82.6 Å². The monoisotopic (exact) mass is 418 g/mol. The number of anilines is 1. The molecule has 1 aliphatic heterocycles. The summed E-state index contributed by atoms with van der Waals surface area (Å²) in [6.07, 6.45) is 1.83. The highest BCUT2D eigenvalue weighted by molar-refractivity contribution is 8.04. The smallest absolute Gasteiger partial charge is 0.265 e. The van der Waals surface area contributed by atoms with Gasteiger partial charge < -0.3 is 10.2 Å². The van der Waals surface area contributed by atoms with Gasteiger partial charge in [-0.2, -0.15) is 0 Å². The molecule has 0 saturated carbocycles. The number of hydrogen-bond donors (Lipinski definition) is 1. The Balaban J connectivity index is 1.66. The summed E-state index contributed by atoms with van der Waals surface area (Å²) in [5, 5.41) is 2.59. The Morgan fingerprint density at radius 3 is 2.43 bits per heavy atom. The summed E-state index contributed by atoms with van der Waals surface area (Å²) in [7, 11) is 1.59. The lowest BCUT2D eigenvalue weighted by Crippen LogP contribution is -2.33. The number of rotatable bonds is 4. The molecule has 0 fully saturated rings. The maximum atomic E-state index is 13.3. The summed E-state index contributed by atoms with van der Waals surface area (Å²) >= 11 is 1.42. The fourth-order valence-electron chi connectivity index (χ4n) is 3.22. The first-order valence-corrected chi connectivity index (χ1v) is 10.2. The molecule has 0 spiro atoms. The predicted molar refractivity (Wildman–Crippen MR) is 118 cm³/mol. The van der Waals surface area contributed by atoms with E-state index in [-0.39, 0.29) is 17.6 Å². The molecule has 0 radical (unpaired) electrons. The number of amides is 2. The molecule has 1 aliphatic rings. The predicted octanol–water partition coefficient (Wildman–Crippen LogP) is 4.87. The number of fused-ring (bicyclic) bond motifs is 1. The van der Waals surface area contributed by atoms with Crippen molar-refractivity contribution in [3.63, 3.8) is 0 Å². The Kier molecular flexibility index (Phi) is 5.68. The van der Waals surface area contributed by atoms with Gasteiger partial charge in [0.1, 0.15) is 5.82 Å². The first-order chi connectivity index (χ1) is 14.5. The third-order valence-corrected chi connectivity index (χ3v) is 5.86. The average molecular weight is 418 g/mol. The number of nitrogens with zero attached hydrogens (tertiary/aromatic N) is 1. The molecule has 6 heteroatoms. The molecule has 3 aromatic rings. The zero-order valence-electron chi connectivity index (χ0n) is 16.3. The van der Waals surface area contributed by atoms with E-state index >= 15 is 0 Å². The molecule has 0 atom stereocenters. The number of nitrogens with one attached hydrogen (secondary N) is 1. The third-order valence-electron chi connectivity index (χ3n) is 4.78. The fraction of sp³-hybridized carbons (Fsp3) is 0.0833. The van der Waals surface area contributed by atoms with Gasteiger partial charge in [0.2, 0.25) is 0 Å². The molecule has 0 bridgehead atoms. The van der Waals surface area contributed by atoms with E-state index in [9.17, 15) is 14.0 Å². The SMILES string of the molecule is CNC(=O)c1ccc(C=C2Sc3ccccc3N(Cc3ccc(F)cc3)C2=O)cc1. The molecule has 1 N–H and O–H groups in total. The van der Waals surface area contributed by atoms with Gasteiger partial charge in [-0.3, -0.25) is 9.59 Å². The van der Waals surface area contributed by atoms with E-state index < -0.39 is 0 Å². The molecule has 30 heavy (non-hydrogen) atoms. The molecule has 4 rings (SSSR count). The average Bonchev–Trinajstić information content (AvgIpc) is 2.78. The van der Waals surface area contributed by atoms with Gasteiger partial charge in [-0.25, -0.2) is 4.39 Å². The first-order valence-electron chi connectivity index (χ1n) is 9.42. The maximum Gasteiger partial charge on any atom is 0.265 e. The number of thioether (sulfide) groups is 1. The number of carbonyl (C=O) groups is 2. The zero-order valence-corrected chi connectivity index (χ0v) is 17.1. The van der Waals surface area contributed by atoms with E-state index in [4.69, 9.17) is 0 Å². The molecule has 1 heterocycles. The Morgan fingerprint density at radius 2 is 1.73 bits per heavy atom. The van der Waals surface area contributed by atoms with E-state index in [1.165, 1.54) is 23.9 Å². The summed E-state index contributed by atoms with van der Waals surface area (Å²) in [6, 6.07) is 21.0. The largest absolute Gasteiger partial charge is 0.355 e. The second-order valence-electron chi connectivity index (χ2n) is 6.80. The normalized spacial score (nSPS) is 14.5. The Hall–Kier alpha value is -3.38. The van der Waals surface area contributed by atoms with Crippen LogP contribution in [-0.2, 0) is 11.3 Å². The quantitative estimate of drug-likeness (QED) is 0.616. The van der Waals surface area contributed by atoms with Gasteiger partial charge in [0.15, 0.2) is 0 Å². The zero-order chi connectivity index (χ0) is 21.1. The highest BCUT2D eigenvalue weighted by Gasteiger charge is 2.29. The third kappa shape index (κ3) is 4.14.